The fourth-order valence-corrected chi connectivity index (χ4v) is 3.41. The minimum atomic E-state index is -4.53. The first-order valence-electron chi connectivity index (χ1n) is 7.33. The Balaban J connectivity index is 2.07. The van der Waals surface area contributed by atoms with Crippen molar-refractivity contribution in [2.24, 2.45) is 0 Å². The lowest BCUT2D eigenvalue weighted by Crippen LogP contribution is -2.20. The second-order valence-corrected chi connectivity index (χ2v) is 6.63. The molecule has 0 spiro atoms. The average molecular weight is 401 g/mol. The van der Waals surface area contributed by atoms with E-state index in [1.807, 2.05) is 6.07 Å². The molecule has 1 aliphatic rings. The Morgan fingerprint density at radius 2 is 1.81 bits per heavy atom. The quantitative estimate of drug-likeness (QED) is 0.468. The summed E-state index contributed by atoms with van der Waals surface area (Å²) in [4.78, 5) is 5.20. The van der Waals surface area contributed by atoms with E-state index in [1.54, 1.807) is 0 Å². The van der Waals surface area contributed by atoms with E-state index >= 15 is 0 Å². The smallest absolute Gasteiger partial charge is 0.349 e. The topological polar surface area (TPSA) is 39.9 Å². The highest BCUT2D eigenvalue weighted by atomic mass is 32.1. The highest BCUT2D eigenvalue weighted by molar-refractivity contribution is 7.19. The normalized spacial score (nSPS) is 17.1. The summed E-state index contributed by atoms with van der Waals surface area (Å²) in [5.74, 6) is 0. The zero-order valence-corrected chi connectivity index (χ0v) is 14.3. The number of hydrogen-bond acceptors (Lipinski definition) is 4. The molecule has 0 bridgehead atoms. The Hall–Kier alpha value is -2.80. The molecule has 0 atom stereocenters. The maximum absolute atomic E-state index is 12.8. The molecule has 0 N–H and O–H groups in total. The summed E-state index contributed by atoms with van der Waals surface area (Å²) in [6.45, 7) is 0. The van der Waals surface area contributed by atoms with Crippen LogP contribution in [-0.2, 0) is 6.18 Å². The number of rotatable bonds is 1. The zero-order chi connectivity index (χ0) is 20.0. The predicted octanol–water partition coefficient (Wildman–Crippen LogP) is 5.50. The van der Waals surface area contributed by atoms with Crippen LogP contribution in [0.25, 0.3) is 15.8 Å². The van der Waals surface area contributed by atoms with Gasteiger partial charge in [0.15, 0.2) is 0 Å². The Kier molecular flexibility index (Phi) is 4.51. The Labute approximate surface area is 153 Å². The van der Waals surface area contributed by atoms with Gasteiger partial charge in [-0.25, -0.2) is 4.98 Å². The molecule has 0 amide bonds. The summed E-state index contributed by atoms with van der Waals surface area (Å²) in [6, 6.07) is 4.91. The van der Waals surface area contributed by atoms with E-state index in [2.05, 4.69) is 4.98 Å². The summed E-state index contributed by atoms with van der Waals surface area (Å²) in [5, 5.41) is 9.59. The fourth-order valence-electron chi connectivity index (χ4n) is 2.46. The van der Waals surface area contributed by atoms with Crippen LogP contribution in [-0.4, -0.2) is 23.1 Å². The van der Waals surface area contributed by atoms with Gasteiger partial charge in [0, 0.05) is 13.2 Å². The molecule has 0 radical (unpaired) electrons. The number of benzene rings is 1. The van der Waals surface area contributed by atoms with Gasteiger partial charge in [0.1, 0.15) is 16.6 Å². The molecular formula is C17H9F6N3S. The minimum absolute atomic E-state index is 0.0269. The SMILES string of the molecule is CN1C=C(C(F)(F)F)C=C/C1=C(\C#N)c1nc2cc(C(F)(F)F)ccc2s1. The second kappa shape index (κ2) is 6.42. The molecular weight excluding hydrogens is 392 g/mol. The first-order valence-corrected chi connectivity index (χ1v) is 8.15. The number of alkyl halides is 6. The molecule has 3 nitrogen and oxygen atoms in total. The van der Waals surface area contributed by atoms with Crippen molar-refractivity contribution in [3.63, 3.8) is 0 Å². The third kappa shape index (κ3) is 3.68. The lowest BCUT2D eigenvalue weighted by molar-refractivity contribution is -0.137. The Morgan fingerprint density at radius 3 is 2.37 bits per heavy atom. The van der Waals surface area contributed by atoms with Crippen molar-refractivity contribution in [1.82, 2.24) is 9.88 Å². The van der Waals surface area contributed by atoms with Gasteiger partial charge in [-0.3, -0.25) is 0 Å². The van der Waals surface area contributed by atoms with Crippen molar-refractivity contribution in [1.29, 1.82) is 5.26 Å². The molecule has 1 aromatic heterocycles. The predicted molar refractivity (Wildman–Crippen MR) is 88.2 cm³/mol. The van der Waals surface area contributed by atoms with Gasteiger partial charge < -0.3 is 4.90 Å². The fraction of sp³-hybridized carbons (Fsp3) is 0.176. The maximum atomic E-state index is 12.8. The number of aromatic nitrogens is 1. The van der Waals surface area contributed by atoms with Gasteiger partial charge in [0.25, 0.3) is 0 Å². The number of nitrogens with zero attached hydrogens (tertiary/aromatic N) is 3. The number of likely N-dealkylation sites (N-methyl/N-ethyl adjacent to an activating group) is 1. The molecule has 2 heterocycles. The number of thiazole rings is 1. The van der Waals surface area contributed by atoms with Gasteiger partial charge >= 0.3 is 12.4 Å². The van der Waals surface area contributed by atoms with E-state index in [9.17, 15) is 31.6 Å². The first-order chi connectivity index (χ1) is 12.5. The third-order valence-corrected chi connectivity index (χ3v) is 4.81. The van der Waals surface area contributed by atoms with E-state index < -0.39 is 23.5 Å². The average Bonchev–Trinajstić information content (AvgIpc) is 2.98. The standard InChI is InChI=1S/C17H9F6N3S/c1-26-8-10(17(21,22)23)2-4-13(26)11(7-24)15-25-12-6-9(16(18,19)20)3-5-14(12)27-15/h2-6,8H,1H3/b13-11-. The summed E-state index contributed by atoms with van der Waals surface area (Å²) in [6.07, 6.45) is -6.26. The van der Waals surface area contributed by atoms with Crippen LogP contribution >= 0.6 is 11.3 Å². The number of nitriles is 1. The summed E-state index contributed by atoms with van der Waals surface area (Å²) >= 11 is 0.989. The molecule has 0 unspecified atom stereocenters. The monoisotopic (exact) mass is 401 g/mol. The van der Waals surface area contributed by atoms with Gasteiger partial charge in [-0.15, -0.1) is 11.3 Å². The van der Waals surface area contributed by atoms with Crippen molar-refractivity contribution in [3.8, 4) is 6.07 Å². The molecule has 1 aromatic carbocycles. The van der Waals surface area contributed by atoms with E-state index in [0.29, 0.717) is 4.70 Å². The van der Waals surface area contributed by atoms with Crippen molar-refractivity contribution in [2.45, 2.75) is 12.4 Å². The van der Waals surface area contributed by atoms with E-state index in [1.165, 1.54) is 13.1 Å². The summed E-state index contributed by atoms with van der Waals surface area (Å²) in [5.41, 5.74) is -1.55. The highest BCUT2D eigenvalue weighted by Gasteiger charge is 2.34. The molecule has 2 aromatic rings. The third-order valence-electron chi connectivity index (χ3n) is 3.76. The molecule has 0 saturated heterocycles. The van der Waals surface area contributed by atoms with Crippen LogP contribution in [0.3, 0.4) is 0 Å². The second-order valence-electron chi connectivity index (χ2n) is 5.60. The summed E-state index contributed by atoms with van der Waals surface area (Å²) < 4.78 is 77.3. The number of halogens is 6. The first kappa shape index (κ1) is 19.0. The molecule has 27 heavy (non-hydrogen) atoms. The van der Waals surface area contributed by atoms with Crippen LogP contribution < -0.4 is 0 Å². The molecule has 0 fully saturated rings. The van der Waals surface area contributed by atoms with Gasteiger partial charge in [-0.2, -0.15) is 31.6 Å². The van der Waals surface area contributed by atoms with E-state index in [-0.39, 0.29) is 21.8 Å². The minimum Gasteiger partial charge on any atom is -0.349 e. The van der Waals surface area contributed by atoms with E-state index in [4.69, 9.17) is 0 Å². The lowest BCUT2D eigenvalue weighted by atomic mass is 10.1. The van der Waals surface area contributed by atoms with Crippen LogP contribution in [0.15, 0.2) is 47.8 Å². The van der Waals surface area contributed by atoms with Crippen LogP contribution in [0, 0.1) is 11.3 Å². The van der Waals surface area contributed by atoms with Crippen LogP contribution in [0.2, 0.25) is 0 Å². The number of allylic oxidation sites excluding steroid dienone is 4. The van der Waals surface area contributed by atoms with Crippen LogP contribution in [0.4, 0.5) is 26.3 Å². The van der Waals surface area contributed by atoms with Gasteiger partial charge in [0.2, 0.25) is 0 Å². The van der Waals surface area contributed by atoms with Crippen LogP contribution in [0.1, 0.15) is 10.6 Å². The van der Waals surface area contributed by atoms with Gasteiger partial charge in [-0.05, 0) is 30.4 Å². The summed E-state index contributed by atoms with van der Waals surface area (Å²) in [7, 11) is 1.34. The largest absolute Gasteiger partial charge is 0.417 e. The van der Waals surface area contributed by atoms with Crippen molar-refractivity contribution in [2.75, 3.05) is 7.05 Å². The lowest BCUT2D eigenvalue weighted by Gasteiger charge is -2.23. The van der Waals surface area contributed by atoms with Crippen LogP contribution in [0.5, 0.6) is 0 Å². The zero-order valence-electron chi connectivity index (χ0n) is 13.5. The van der Waals surface area contributed by atoms with Crippen molar-refractivity contribution in [3.05, 3.63) is 58.4 Å². The van der Waals surface area contributed by atoms with Crippen molar-refractivity contribution < 1.29 is 26.3 Å². The van der Waals surface area contributed by atoms with Gasteiger partial charge in [0.05, 0.1) is 27.1 Å². The Morgan fingerprint density at radius 1 is 1.11 bits per heavy atom. The van der Waals surface area contributed by atoms with Crippen molar-refractivity contribution >= 4 is 27.1 Å². The molecule has 3 rings (SSSR count). The molecule has 0 aliphatic carbocycles. The van der Waals surface area contributed by atoms with Gasteiger partial charge in [-0.1, -0.05) is 0 Å². The highest BCUT2D eigenvalue weighted by Crippen LogP contribution is 2.36. The molecule has 0 saturated carbocycles. The number of fused-ring (bicyclic) bond motifs is 1. The molecule has 140 valence electrons. The number of hydrogen-bond donors (Lipinski definition) is 0. The maximum Gasteiger partial charge on any atom is 0.417 e. The Bertz CT molecular complexity index is 1030. The molecule has 10 heteroatoms. The van der Waals surface area contributed by atoms with E-state index in [0.717, 1.165) is 46.7 Å². The molecule has 1 aliphatic heterocycles.